The van der Waals surface area contributed by atoms with Crippen molar-refractivity contribution in [3.63, 3.8) is 0 Å². The van der Waals surface area contributed by atoms with Crippen LogP contribution in [-0.2, 0) is 4.79 Å². The molecule has 1 aromatic heterocycles. The van der Waals surface area contributed by atoms with Crippen LogP contribution in [0.5, 0.6) is 5.75 Å². The highest BCUT2D eigenvalue weighted by atomic mass is 35.5. The number of aliphatic hydroxyl groups excluding tert-OH is 1. The average molecular weight is 524 g/mol. The molecular weight excluding hydrogens is 497 g/mol. The fourth-order valence-corrected chi connectivity index (χ4v) is 4.55. The first-order chi connectivity index (χ1) is 17.9. The minimum Gasteiger partial charge on any atom is -0.494 e. The Kier molecular flexibility index (Phi) is 8.56. The Labute approximate surface area is 219 Å². The van der Waals surface area contributed by atoms with Crippen molar-refractivity contribution >= 4 is 45.5 Å². The van der Waals surface area contributed by atoms with Crippen LogP contribution in [0.2, 0.25) is 5.02 Å². The van der Waals surface area contributed by atoms with Gasteiger partial charge in [0.25, 0.3) is 0 Å². The zero-order valence-corrected chi connectivity index (χ0v) is 21.1. The van der Waals surface area contributed by atoms with Gasteiger partial charge < -0.3 is 20.5 Å². The third-order valence-electron chi connectivity index (χ3n) is 6.25. The largest absolute Gasteiger partial charge is 0.494 e. The Bertz CT molecular complexity index is 1370. The van der Waals surface area contributed by atoms with E-state index in [0.29, 0.717) is 40.3 Å². The highest BCUT2D eigenvalue weighted by Crippen LogP contribution is 2.36. The normalized spacial score (nSPS) is 16.0. The number of hydrogen-bond acceptors (Lipinski definition) is 7. The number of amides is 1. The number of aromatic nitrogens is 1. The van der Waals surface area contributed by atoms with Crippen LogP contribution in [0.4, 0.5) is 21.5 Å². The number of fused-ring (bicyclic) bond motifs is 1. The third-order valence-corrected chi connectivity index (χ3v) is 6.54. The molecule has 1 aliphatic heterocycles. The zero-order valence-electron chi connectivity index (χ0n) is 20.3. The van der Waals surface area contributed by atoms with E-state index in [-0.39, 0.29) is 29.0 Å². The molecule has 0 spiro atoms. The van der Waals surface area contributed by atoms with Crippen LogP contribution in [0.1, 0.15) is 18.4 Å². The summed E-state index contributed by atoms with van der Waals surface area (Å²) in [5.41, 5.74) is 2.12. The maximum atomic E-state index is 13.6. The number of aliphatic hydroxyl groups is 1. The number of benzene rings is 2. The number of carbonyl (C=O) groups excluding carboxylic acids is 1. The number of methoxy groups -OCH3 is 1. The number of halogens is 2. The Morgan fingerprint density at radius 2 is 2.24 bits per heavy atom. The number of rotatable bonds is 8. The quantitative estimate of drug-likeness (QED) is 0.362. The number of carbonyl (C=O) groups is 1. The van der Waals surface area contributed by atoms with Gasteiger partial charge in [0, 0.05) is 49.1 Å². The fraction of sp³-hybridized carbons (Fsp3) is 0.296. The molecule has 192 valence electrons. The molecular formula is C27H27ClFN5O3. The van der Waals surface area contributed by atoms with Crippen molar-refractivity contribution in [2.75, 3.05) is 44.0 Å². The molecule has 2 heterocycles. The molecule has 1 saturated heterocycles. The van der Waals surface area contributed by atoms with Crippen LogP contribution >= 0.6 is 11.6 Å². The van der Waals surface area contributed by atoms with Crippen LogP contribution in [0, 0.1) is 23.1 Å². The molecule has 4 rings (SSSR count). The topological polar surface area (TPSA) is 111 Å². The van der Waals surface area contributed by atoms with Crippen molar-refractivity contribution in [3.8, 4) is 11.8 Å². The summed E-state index contributed by atoms with van der Waals surface area (Å²) in [5.74, 6) is -0.205. The van der Waals surface area contributed by atoms with Crippen molar-refractivity contribution in [1.29, 1.82) is 5.26 Å². The molecule has 1 atom stereocenters. The Balaban J connectivity index is 1.58. The van der Waals surface area contributed by atoms with Crippen LogP contribution < -0.4 is 15.4 Å². The van der Waals surface area contributed by atoms with Gasteiger partial charge in [-0.3, -0.25) is 14.7 Å². The number of nitriles is 1. The summed E-state index contributed by atoms with van der Waals surface area (Å²) < 4.78 is 19.1. The molecule has 2 aromatic carbocycles. The van der Waals surface area contributed by atoms with E-state index in [1.807, 2.05) is 0 Å². The lowest BCUT2D eigenvalue weighted by atomic mass is 9.99. The van der Waals surface area contributed by atoms with E-state index in [0.717, 1.165) is 25.9 Å². The molecule has 1 fully saturated rings. The maximum absolute atomic E-state index is 13.6. The van der Waals surface area contributed by atoms with Gasteiger partial charge in [-0.1, -0.05) is 17.7 Å². The number of likely N-dealkylation sites (tertiary alicyclic amines) is 1. The first-order valence-corrected chi connectivity index (χ1v) is 12.2. The van der Waals surface area contributed by atoms with E-state index in [4.69, 9.17) is 16.3 Å². The van der Waals surface area contributed by atoms with Crippen molar-refractivity contribution < 1.29 is 19.0 Å². The van der Waals surface area contributed by atoms with E-state index < -0.39 is 5.82 Å². The molecule has 0 radical (unpaired) electrons. The molecule has 1 aliphatic rings. The van der Waals surface area contributed by atoms with Crippen LogP contribution in [0.25, 0.3) is 10.9 Å². The molecule has 1 amide bonds. The molecule has 3 aromatic rings. The lowest BCUT2D eigenvalue weighted by molar-refractivity contribution is -0.111. The van der Waals surface area contributed by atoms with Gasteiger partial charge in [0.15, 0.2) is 0 Å². The van der Waals surface area contributed by atoms with Gasteiger partial charge in [0.1, 0.15) is 17.6 Å². The minimum atomic E-state index is -0.552. The Morgan fingerprint density at radius 1 is 1.41 bits per heavy atom. The minimum absolute atomic E-state index is 0.0558. The molecule has 0 aliphatic carbocycles. The number of hydrogen-bond donors (Lipinski definition) is 3. The number of piperidine rings is 1. The summed E-state index contributed by atoms with van der Waals surface area (Å²) in [4.78, 5) is 19.3. The van der Waals surface area contributed by atoms with E-state index in [1.165, 1.54) is 37.6 Å². The van der Waals surface area contributed by atoms with Crippen molar-refractivity contribution in [2.24, 2.45) is 5.92 Å². The van der Waals surface area contributed by atoms with Gasteiger partial charge in [-0.05, 0) is 49.6 Å². The molecule has 0 saturated carbocycles. The second-order valence-electron chi connectivity index (χ2n) is 8.82. The molecule has 0 bridgehead atoms. The second-order valence-corrected chi connectivity index (χ2v) is 9.23. The number of pyridine rings is 1. The SMILES string of the molecule is COc1cc2ncc(C#N)c(Nc3ccc(F)c(Cl)c3)c2cc1NC(=O)/C=C/CN1CCCC(CO)C1. The molecule has 10 heteroatoms. The summed E-state index contributed by atoms with van der Waals surface area (Å²) in [7, 11) is 1.49. The van der Waals surface area contributed by atoms with Gasteiger partial charge in [0.2, 0.25) is 5.91 Å². The number of anilines is 3. The Hall–Kier alpha value is -3.71. The molecule has 1 unspecified atom stereocenters. The van der Waals surface area contributed by atoms with Gasteiger partial charge in [-0.2, -0.15) is 5.26 Å². The van der Waals surface area contributed by atoms with Crippen LogP contribution in [-0.4, -0.2) is 54.2 Å². The van der Waals surface area contributed by atoms with Crippen LogP contribution in [0.15, 0.2) is 48.7 Å². The van der Waals surface area contributed by atoms with E-state index in [9.17, 15) is 19.6 Å². The van der Waals surface area contributed by atoms with Crippen molar-refractivity contribution in [3.05, 3.63) is 65.1 Å². The van der Waals surface area contributed by atoms with E-state index >= 15 is 0 Å². The van der Waals surface area contributed by atoms with E-state index in [1.54, 1.807) is 18.2 Å². The second kappa shape index (κ2) is 12.0. The van der Waals surface area contributed by atoms with Gasteiger partial charge >= 0.3 is 0 Å². The van der Waals surface area contributed by atoms with Crippen molar-refractivity contribution in [1.82, 2.24) is 9.88 Å². The highest BCUT2D eigenvalue weighted by Gasteiger charge is 2.18. The number of nitrogens with one attached hydrogen (secondary N) is 2. The maximum Gasteiger partial charge on any atom is 0.248 e. The molecule has 3 N–H and O–H groups in total. The van der Waals surface area contributed by atoms with Gasteiger partial charge in [-0.15, -0.1) is 0 Å². The summed E-state index contributed by atoms with van der Waals surface area (Å²) in [6.07, 6.45) is 6.74. The summed E-state index contributed by atoms with van der Waals surface area (Å²) in [6.45, 7) is 2.53. The number of nitrogens with zero attached hydrogens (tertiary/aromatic N) is 3. The highest BCUT2D eigenvalue weighted by molar-refractivity contribution is 6.31. The lowest BCUT2D eigenvalue weighted by Gasteiger charge is -2.30. The zero-order chi connectivity index (χ0) is 26.4. The summed E-state index contributed by atoms with van der Waals surface area (Å²) >= 11 is 5.92. The lowest BCUT2D eigenvalue weighted by Crippen LogP contribution is -2.36. The van der Waals surface area contributed by atoms with Crippen LogP contribution in [0.3, 0.4) is 0 Å². The van der Waals surface area contributed by atoms with Crippen molar-refractivity contribution in [2.45, 2.75) is 12.8 Å². The predicted molar refractivity (Wildman–Crippen MR) is 142 cm³/mol. The fourth-order valence-electron chi connectivity index (χ4n) is 4.37. The smallest absolute Gasteiger partial charge is 0.248 e. The molecule has 37 heavy (non-hydrogen) atoms. The van der Waals surface area contributed by atoms with Gasteiger partial charge in [-0.25, -0.2) is 4.39 Å². The Morgan fingerprint density at radius 3 is 2.97 bits per heavy atom. The predicted octanol–water partition coefficient (Wildman–Crippen LogP) is 4.85. The monoisotopic (exact) mass is 523 g/mol. The summed E-state index contributed by atoms with van der Waals surface area (Å²) in [6, 6.07) is 9.62. The first kappa shape index (κ1) is 26.4. The standard InChI is InChI=1S/C27H27ClFN5O3/c1-37-25-12-23-20(27(18(13-30)14-31-23)32-19-6-7-22(29)21(28)10-19)11-24(25)33-26(36)5-3-9-34-8-2-4-17(15-34)16-35/h3,5-7,10-12,14,17,35H,2,4,8-9,15-16H2,1H3,(H,31,32)(H,33,36)/b5-3+. The average Bonchev–Trinajstić information content (AvgIpc) is 2.90. The number of ether oxygens (including phenoxy) is 1. The third kappa shape index (κ3) is 6.35. The van der Waals surface area contributed by atoms with E-state index in [2.05, 4.69) is 26.6 Å². The summed E-state index contributed by atoms with van der Waals surface area (Å²) in [5, 5.41) is 25.5. The molecule has 8 nitrogen and oxygen atoms in total. The van der Waals surface area contributed by atoms with Gasteiger partial charge in [0.05, 0.1) is 34.6 Å². The first-order valence-electron chi connectivity index (χ1n) is 11.9.